The lowest BCUT2D eigenvalue weighted by Crippen LogP contribution is -2.42. The zero-order chi connectivity index (χ0) is 25.9. The molecule has 1 aromatic carbocycles. The first-order chi connectivity index (χ1) is 17.1. The summed E-state index contributed by atoms with van der Waals surface area (Å²) in [7, 11) is -4.09. The Morgan fingerprint density at radius 2 is 1.92 bits per heavy atom. The van der Waals surface area contributed by atoms with Gasteiger partial charge in [-0.3, -0.25) is 9.78 Å². The molecule has 4 rings (SSSR count). The normalized spacial score (nSPS) is 15.5. The lowest BCUT2D eigenvalue weighted by Gasteiger charge is -2.39. The summed E-state index contributed by atoms with van der Waals surface area (Å²) in [6.45, 7) is 4.48. The molecule has 190 valence electrons. The fraction of sp³-hybridized carbons (Fsp3) is 0.304. The molecule has 0 spiro atoms. The quantitative estimate of drug-likeness (QED) is 0.401. The van der Waals surface area contributed by atoms with Gasteiger partial charge in [0.15, 0.2) is 5.82 Å². The van der Waals surface area contributed by atoms with Gasteiger partial charge in [-0.05, 0) is 49.1 Å². The second kappa shape index (κ2) is 10.6. The van der Waals surface area contributed by atoms with E-state index in [1.165, 1.54) is 30.6 Å². The Hall–Kier alpha value is -2.93. The number of nitrogens with two attached hydrogens (primary N) is 2. The molecule has 0 radical (unpaired) electrons. The van der Waals surface area contributed by atoms with Gasteiger partial charge in [0.1, 0.15) is 10.8 Å². The lowest BCUT2D eigenvalue weighted by molar-refractivity contribution is 0.0981. The molecule has 0 saturated carbocycles. The number of nitrogens with zero attached hydrogens (tertiary/aromatic N) is 4. The highest BCUT2D eigenvalue weighted by atomic mass is 35.5. The number of piperidine rings is 1. The lowest BCUT2D eigenvalue weighted by atomic mass is 9.80. The van der Waals surface area contributed by atoms with Crippen LogP contribution in [0.15, 0.2) is 63.7 Å². The third-order valence-electron chi connectivity index (χ3n) is 6.14. The van der Waals surface area contributed by atoms with Crippen molar-refractivity contribution >= 4 is 50.9 Å². The topological polar surface area (TPSA) is 157 Å². The summed E-state index contributed by atoms with van der Waals surface area (Å²) in [5.74, 6) is 0.0653. The summed E-state index contributed by atoms with van der Waals surface area (Å²) in [4.78, 5) is 28.0. The van der Waals surface area contributed by atoms with Gasteiger partial charge < -0.3 is 16.4 Å². The van der Waals surface area contributed by atoms with Crippen LogP contribution in [0, 0.1) is 5.41 Å². The minimum absolute atomic E-state index is 0.00119. The largest absolute Gasteiger partial charge is 0.381 e. The standard InChI is InChI=1S/C23H26ClN7O3S2/c1-23(14-25)7-11-31(12-8-23)18-13-28-22(20(26)29-18)35-17-4-2-3-16(19(17)24)21(32)30-36(33,34)15-5-9-27-10-6-15/h2-6,9-10,13H,7-8,11-12,14,25H2,1H3,(H2,26,29)(H,30,32). The SMILES string of the molecule is CC1(CN)CCN(c2cnc(Sc3cccc(C(=O)NS(=O)(=O)c4ccncc4)c3Cl)c(N)n2)CC1. The zero-order valence-corrected chi connectivity index (χ0v) is 21.9. The fourth-order valence-corrected chi connectivity index (χ4v) is 5.81. The first-order valence-corrected chi connectivity index (χ1v) is 13.8. The molecule has 0 atom stereocenters. The number of halogens is 1. The van der Waals surface area contributed by atoms with Crippen molar-refractivity contribution in [3.05, 3.63) is 59.5 Å². The van der Waals surface area contributed by atoms with Gasteiger partial charge >= 0.3 is 0 Å². The van der Waals surface area contributed by atoms with Crippen LogP contribution in [-0.4, -0.2) is 48.9 Å². The van der Waals surface area contributed by atoms with Crippen molar-refractivity contribution < 1.29 is 13.2 Å². The monoisotopic (exact) mass is 547 g/mol. The molecule has 0 bridgehead atoms. The van der Waals surface area contributed by atoms with Crippen LogP contribution in [0.25, 0.3) is 0 Å². The van der Waals surface area contributed by atoms with E-state index in [0.717, 1.165) is 37.7 Å². The summed E-state index contributed by atoms with van der Waals surface area (Å²) in [6, 6.07) is 7.30. The summed E-state index contributed by atoms with van der Waals surface area (Å²) < 4.78 is 27.1. The van der Waals surface area contributed by atoms with Crippen LogP contribution >= 0.6 is 23.4 Å². The minimum Gasteiger partial charge on any atom is -0.381 e. The molecule has 0 unspecified atom stereocenters. The van der Waals surface area contributed by atoms with Crippen molar-refractivity contribution in [2.45, 2.75) is 34.6 Å². The van der Waals surface area contributed by atoms with Crippen molar-refractivity contribution in [2.24, 2.45) is 11.1 Å². The summed E-state index contributed by atoms with van der Waals surface area (Å²) >= 11 is 7.62. The summed E-state index contributed by atoms with van der Waals surface area (Å²) in [5.41, 5.74) is 12.2. The van der Waals surface area contributed by atoms with E-state index in [2.05, 4.69) is 26.8 Å². The van der Waals surface area contributed by atoms with Gasteiger partial charge in [-0.15, -0.1) is 0 Å². The average molecular weight is 548 g/mol. The maximum Gasteiger partial charge on any atom is 0.266 e. The number of pyridine rings is 1. The average Bonchev–Trinajstić information content (AvgIpc) is 2.87. The van der Waals surface area contributed by atoms with Gasteiger partial charge in [0.25, 0.3) is 15.9 Å². The number of carbonyl (C=O) groups is 1. The Labute approximate surface area is 218 Å². The molecule has 36 heavy (non-hydrogen) atoms. The van der Waals surface area contributed by atoms with Gasteiger partial charge in [-0.25, -0.2) is 23.1 Å². The van der Waals surface area contributed by atoms with Crippen molar-refractivity contribution in [2.75, 3.05) is 30.3 Å². The Morgan fingerprint density at radius 3 is 2.56 bits per heavy atom. The molecule has 1 aliphatic rings. The highest BCUT2D eigenvalue weighted by molar-refractivity contribution is 7.99. The molecule has 1 saturated heterocycles. The van der Waals surface area contributed by atoms with E-state index < -0.39 is 15.9 Å². The minimum atomic E-state index is -4.09. The van der Waals surface area contributed by atoms with Crippen LogP contribution in [-0.2, 0) is 10.0 Å². The molecule has 3 aromatic rings. The predicted molar refractivity (Wildman–Crippen MR) is 140 cm³/mol. The highest BCUT2D eigenvalue weighted by Gasteiger charge is 2.29. The maximum atomic E-state index is 12.7. The number of hydrogen-bond acceptors (Lipinski definition) is 10. The number of benzene rings is 1. The molecule has 1 amide bonds. The second-order valence-corrected chi connectivity index (χ2v) is 11.8. The number of amides is 1. The van der Waals surface area contributed by atoms with E-state index in [4.69, 9.17) is 23.1 Å². The molecular weight excluding hydrogens is 522 g/mol. The number of hydrogen-bond donors (Lipinski definition) is 3. The van der Waals surface area contributed by atoms with Crippen molar-refractivity contribution in [3.63, 3.8) is 0 Å². The Balaban J connectivity index is 1.49. The van der Waals surface area contributed by atoms with Gasteiger partial charge in [-0.2, -0.15) is 0 Å². The van der Waals surface area contributed by atoms with Gasteiger partial charge in [0.05, 0.1) is 21.7 Å². The van der Waals surface area contributed by atoms with Gasteiger partial charge in [0, 0.05) is 30.4 Å². The Kier molecular flexibility index (Phi) is 7.69. The third kappa shape index (κ3) is 5.72. The summed E-state index contributed by atoms with van der Waals surface area (Å²) in [5, 5.41) is 0.499. The van der Waals surface area contributed by atoms with Gasteiger partial charge in [0.2, 0.25) is 0 Å². The summed E-state index contributed by atoms with van der Waals surface area (Å²) in [6.07, 6.45) is 6.23. The highest BCUT2D eigenvalue weighted by Crippen LogP contribution is 2.37. The number of rotatable bonds is 7. The number of nitrogen functional groups attached to an aromatic ring is 1. The van der Waals surface area contributed by atoms with E-state index in [1.54, 1.807) is 18.3 Å². The molecule has 1 fully saturated rings. The molecule has 5 N–H and O–H groups in total. The van der Waals surface area contributed by atoms with E-state index in [0.29, 0.717) is 22.3 Å². The second-order valence-electron chi connectivity index (χ2n) is 8.76. The van der Waals surface area contributed by atoms with Crippen LogP contribution in [0.4, 0.5) is 11.6 Å². The van der Waals surface area contributed by atoms with Crippen LogP contribution < -0.4 is 21.1 Å². The van der Waals surface area contributed by atoms with Crippen molar-refractivity contribution in [3.8, 4) is 0 Å². The molecule has 0 aliphatic carbocycles. The third-order valence-corrected chi connectivity index (χ3v) is 9.07. The molecule has 3 heterocycles. The van der Waals surface area contributed by atoms with Crippen LogP contribution in [0.3, 0.4) is 0 Å². The van der Waals surface area contributed by atoms with E-state index in [1.807, 2.05) is 4.72 Å². The zero-order valence-electron chi connectivity index (χ0n) is 19.5. The molecular formula is C23H26ClN7O3S2. The van der Waals surface area contributed by atoms with Crippen LogP contribution in [0.1, 0.15) is 30.1 Å². The molecule has 1 aliphatic heterocycles. The number of carbonyl (C=O) groups excluding carboxylic acids is 1. The number of sulfonamides is 1. The number of anilines is 2. The first kappa shape index (κ1) is 26.1. The molecule has 2 aromatic heterocycles. The van der Waals surface area contributed by atoms with Crippen LogP contribution in [0.5, 0.6) is 0 Å². The fourth-order valence-electron chi connectivity index (χ4n) is 3.72. The first-order valence-electron chi connectivity index (χ1n) is 11.1. The van der Waals surface area contributed by atoms with Crippen molar-refractivity contribution in [1.29, 1.82) is 0 Å². The van der Waals surface area contributed by atoms with E-state index in [-0.39, 0.29) is 26.7 Å². The Morgan fingerprint density at radius 1 is 1.22 bits per heavy atom. The predicted octanol–water partition coefficient (Wildman–Crippen LogP) is 2.94. The Bertz CT molecular complexity index is 1370. The maximum absolute atomic E-state index is 12.7. The van der Waals surface area contributed by atoms with E-state index >= 15 is 0 Å². The number of nitrogens with one attached hydrogen (secondary N) is 1. The molecule has 13 heteroatoms. The number of aromatic nitrogens is 3. The van der Waals surface area contributed by atoms with Crippen molar-refractivity contribution in [1.82, 2.24) is 19.7 Å². The van der Waals surface area contributed by atoms with Gasteiger partial charge in [-0.1, -0.05) is 36.4 Å². The smallest absolute Gasteiger partial charge is 0.266 e. The molecule has 10 nitrogen and oxygen atoms in total. The van der Waals surface area contributed by atoms with E-state index in [9.17, 15) is 13.2 Å². The van der Waals surface area contributed by atoms with Crippen LogP contribution in [0.2, 0.25) is 5.02 Å².